The Morgan fingerprint density at radius 2 is 1.72 bits per heavy atom. The molecule has 2 aromatic heterocycles. The summed E-state index contributed by atoms with van der Waals surface area (Å²) in [6.07, 6.45) is -0.694. The molecule has 0 fully saturated rings. The maximum atomic E-state index is 12.9. The average Bonchev–Trinajstić information content (AvgIpc) is 3.17. The summed E-state index contributed by atoms with van der Waals surface area (Å²) >= 11 is 0. The lowest BCUT2D eigenvalue weighted by molar-refractivity contribution is -0.137. The molecule has 4 aromatic rings. The highest BCUT2D eigenvalue weighted by Crippen LogP contribution is 2.33. The fraction of sp³-hybridized carbons (Fsp3) is 0.208. The molecule has 1 atom stereocenters. The van der Waals surface area contributed by atoms with Crippen molar-refractivity contribution in [2.75, 3.05) is 0 Å². The van der Waals surface area contributed by atoms with Gasteiger partial charge in [-0.15, -0.1) is 0 Å². The molecule has 1 amide bonds. The number of alkyl halides is 3. The van der Waals surface area contributed by atoms with E-state index in [1.54, 1.807) is 23.0 Å². The smallest absolute Gasteiger partial charge is 0.345 e. The van der Waals surface area contributed by atoms with Gasteiger partial charge in [0.05, 0.1) is 23.0 Å². The SMILES string of the molecule is CC(=O)NC(C)(Cc1ccccc1)c1ccnc2c(-c3ccc(C(F)(F)F)cc3)cnn12. The lowest BCUT2D eigenvalue weighted by atomic mass is 9.89. The number of hydrogen-bond acceptors (Lipinski definition) is 3. The summed E-state index contributed by atoms with van der Waals surface area (Å²) < 4.78 is 40.4. The summed E-state index contributed by atoms with van der Waals surface area (Å²) in [6, 6.07) is 16.4. The molecular formula is C24H21F3N4O. The van der Waals surface area contributed by atoms with Crippen LogP contribution in [0.5, 0.6) is 0 Å². The van der Waals surface area contributed by atoms with E-state index < -0.39 is 17.3 Å². The Bertz CT molecular complexity index is 1250. The number of nitrogens with one attached hydrogen (secondary N) is 1. The van der Waals surface area contributed by atoms with Gasteiger partial charge >= 0.3 is 6.18 Å². The number of carbonyl (C=O) groups excluding carboxylic acids is 1. The van der Waals surface area contributed by atoms with E-state index in [-0.39, 0.29) is 5.91 Å². The second-order valence-electron chi connectivity index (χ2n) is 7.87. The van der Waals surface area contributed by atoms with Gasteiger partial charge in [-0.05, 0) is 36.2 Å². The van der Waals surface area contributed by atoms with Crippen molar-refractivity contribution in [1.29, 1.82) is 0 Å². The first-order chi connectivity index (χ1) is 15.2. The molecule has 164 valence electrons. The number of carbonyl (C=O) groups is 1. The Balaban J connectivity index is 1.79. The molecule has 2 heterocycles. The van der Waals surface area contributed by atoms with Crippen molar-refractivity contribution in [3.63, 3.8) is 0 Å². The fourth-order valence-corrected chi connectivity index (χ4v) is 3.94. The molecule has 4 rings (SSSR count). The summed E-state index contributed by atoms with van der Waals surface area (Å²) in [6.45, 7) is 3.37. The molecule has 1 unspecified atom stereocenters. The zero-order valence-corrected chi connectivity index (χ0v) is 17.5. The van der Waals surface area contributed by atoms with Gasteiger partial charge in [-0.3, -0.25) is 4.79 Å². The normalized spacial score (nSPS) is 13.7. The van der Waals surface area contributed by atoms with Crippen molar-refractivity contribution < 1.29 is 18.0 Å². The third kappa shape index (κ3) is 4.21. The molecule has 0 radical (unpaired) electrons. The molecular weight excluding hydrogens is 417 g/mol. The van der Waals surface area contributed by atoms with Crippen molar-refractivity contribution in [2.45, 2.75) is 32.0 Å². The Kier molecular flexibility index (Phi) is 5.46. The number of nitrogens with zero attached hydrogens (tertiary/aromatic N) is 3. The van der Waals surface area contributed by atoms with Gasteiger partial charge in [0.15, 0.2) is 5.65 Å². The summed E-state index contributed by atoms with van der Waals surface area (Å²) in [7, 11) is 0. The Morgan fingerprint density at radius 3 is 2.34 bits per heavy atom. The van der Waals surface area contributed by atoms with Crippen LogP contribution in [0.15, 0.2) is 73.1 Å². The van der Waals surface area contributed by atoms with Crippen LogP contribution in [-0.2, 0) is 22.9 Å². The van der Waals surface area contributed by atoms with Crippen molar-refractivity contribution in [1.82, 2.24) is 19.9 Å². The summed E-state index contributed by atoms with van der Waals surface area (Å²) in [4.78, 5) is 16.5. The molecule has 0 bridgehead atoms. The lowest BCUT2D eigenvalue weighted by Crippen LogP contribution is -2.45. The largest absolute Gasteiger partial charge is 0.416 e. The van der Waals surface area contributed by atoms with Gasteiger partial charge in [-0.25, -0.2) is 9.50 Å². The molecule has 0 aliphatic heterocycles. The lowest BCUT2D eigenvalue weighted by Gasteiger charge is -2.31. The molecule has 0 aliphatic rings. The minimum absolute atomic E-state index is 0.191. The van der Waals surface area contributed by atoms with Crippen LogP contribution in [0.4, 0.5) is 13.2 Å². The zero-order chi connectivity index (χ0) is 22.9. The topological polar surface area (TPSA) is 59.3 Å². The van der Waals surface area contributed by atoms with E-state index >= 15 is 0 Å². The van der Waals surface area contributed by atoms with E-state index in [1.807, 2.05) is 37.3 Å². The maximum Gasteiger partial charge on any atom is 0.416 e. The van der Waals surface area contributed by atoms with Crippen LogP contribution in [0.1, 0.15) is 30.7 Å². The highest BCUT2D eigenvalue weighted by Gasteiger charge is 2.32. The van der Waals surface area contributed by atoms with Crippen LogP contribution in [-0.4, -0.2) is 20.5 Å². The molecule has 32 heavy (non-hydrogen) atoms. The average molecular weight is 438 g/mol. The van der Waals surface area contributed by atoms with Crippen molar-refractivity contribution in [2.24, 2.45) is 0 Å². The Hall–Kier alpha value is -3.68. The fourth-order valence-electron chi connectivity index (χ4n) is 3.94. The van der Waals surface area contributed by atoms with Gasteiger partial charge in [0, 0.05) is 25.1 Å². The molecule has 0 saturated carbocycles. The third-order valence-corrected chi connectivity index (χ3v) is 5.34. The molecule has 0 aliphatic carbocycles. The van der Waals surface area contributed by atoms with E-state index in [9.17, 15) is 18.0 Å². The predicted molar refractivity (Wildman–Crippen MR) is 115 cm³/mol. The number of aromatic nitrogens is 3. The van der Waals surface area contributed by atoms with E-state index in [0.29, 0.717) is 28.9 Å². The van der Waals surface area contributed by atoms with Gasteiger partial charge in [-0.1, -0.05) is 42.5 Å². The standard InChI is InChI=1S/C24H21F3N4O/c1-16(32)30-23(2,14-17-6-4-3-5-7-17)21-12-13-28-22-20(15-29-31(21)22)18-8-10-19(11-9-18)24(25,26)27/h3-13,15H,14H2,1-2H3,(H,30,32). The molecule has 2 aromatic carbocycles. The van der Waals surface area contributed by atoms with E-state index in [4.69, 9.17) is 0 Å². The number of hydrogen-bond donors (Lipinski definition) is 1. The van der Waals surface area contributed by atoms with Crippen LogP contribution >= 0.6 is 0 Å². The second kappa shape index (κ2) is 8.11. The quantitative estimate of drug-likeness (QED) is 0.477. The monoisotopic (exact) mass is 438 g/mol. The van der Waals surface area contributed by atoms with Crippen molar-refractivity contribution in [3.05, 3.63) is 89.9 Å². The second-order valence-corrected chi connectivity index (χ2v) is 7.87. The summed E-state index contributed by atoms with van der Waals surface area (Å²) in [5.74, 6) is -0.191. The number of halogens is 3. The van der Waals surface area contributed by atoms with E-state index in [2.05, 4.69) is 15.4 Å². The zero-order valence-electron chi connectivity index (χ0n) is 17.5. The molecule has 5 nitrogen and oxygen atoms in total. The van der Waals surface area contributed by atoms with Gasteiger partial charge < -0.3 is 5.32 Å². The highest BCUT2D eigenvalue weighted by molar-refractivity contribution is 5.77. The first kappa shape index (κ1) is 21.5. The Morgan fingerprint density at radius 1 is 1.03 bits per heavy atom. The van der Waals surface area contributed by atoms with Crippen molar-refractivity contribution in [3.8, 4) is 11.1 Å². The van der Waals surface area contributed by atoms with Crippen molar-refractivity contribution >= 4 is 11.6 Å². The number of fused-ring (bicyclic) bond motifs is 1. The minimum Gasteiger partial charge on any atom is -0.345 e. The van der Waals surface area contributed by atoms with Crippen LogP contribution in [0.2, 0.25) is 0 Å². The highest BCUT2D eigenvalue weighted by atomic mass is 19.4. The predicted octanol–water partition coefficient (Wildman–Crippen LogP) is 5.01. The van der Waals surface area contributed by atoms with Gasteiger partial charge in [-0.2, -0.15) is 18.3 Å². The minimum atomic E-state index is -4.40. The maximum absolute atomic E-state index is 12.9. The van der Waals surface area contributed by atoms with Crippen LogP contribution in [0.25, 0.3) is 16.8 Å². The van der Waals surface area contributed by atoms with Gasteiger partial charge in [0.1, 0.15) is 0 Å². The summed E-state index contributed by atoms with van der Waals surface area (Å²) in [5.41, 5.74) is 1.90. The number of benzene rings is 2. The van der Waals surface area contributed by atoms with Gasteiger partial charge in [0.2, 0.25) is 5.91 Å². The van der Waals surface area contributed by atoms with E-state index in [0.717, 1.165) is 17.7 Å². The molecule has 8 heteroatoms. The van der Waals surface area contributed by atoms with Crippen LogP contribution < -0.4 is 5.32 Å². The number of rotatable bonds is 5. The molecule has 0 spiro atoms. The van der Waals surface area contributed by atoms with E-state index in [1.165, 1.54) is 19.1 Å². The van der Waals surface area contributed by atoms with Crippen LogP contribution in [0.3, 0.4) is 0 Å². The van der Waals surface area contributed by atoms with Crippen LogP contribution in [0, 0.1) is 0 Å². The Labute approximate surface area is 182 Å². The summed E-state index contributed by atoms with van der Waals surface area (Å²) in [5, 5.41) is 7.50. The first-order valence-electron chi connectivity index (χ1n) is 10.0. The molecule has 1 N–H and O–H groups in total. The molecule has 0 saturated heterocycles. The first-order valence-corrected chi connectivity index (χ1v) is 10.0. The van der Waals surface area contributed by atoms with Gasteiger partial charge in [0.25, 0.3) is 0 Å². The third-order valence-electron chi connectivity index (χ3n) is 5.34. The number of amides is 1.